The number of benzene rings is 1. The highest BCUT2D eigenvalue weighted by Gasteiger charge is 2.21. The lowest BCUT2D eigenvalue weighted by atomic mass is 10.1. The van der Waals surface area contributed by atoms with E-state index in [0.717, 1.165) is 18.1 Å². The van der Waals surface area contributed by atoms with Gasteiger partial charge in [0.1, 0.15) is 11.6 Å². The molecule has 1 fully saturated rings. The van der Waals surface area contributed by atoms with Gasteiger partial charge >= 0.3 is 0 Å². The van der Waals surface area contributed by atoms with Crippen molar-refractivity contribution in [3.63, 3.8) is 0 Å². The minimum Gasteiger partial charge on any atom is -0.308 e. The molecule has 0 amide bonds. The van der Waals surface area contributed by atoms with Crippen LogP contribution in [0.4, 0.5) is 8.78 Å². The Labute approximate surface area is 85.9 Å². The molecule has 1 heterocycles. The van der Waals surface area contributed by atoms with Gasteiger partial charge in [-0.3, -0.25) is 0 Å². The van der Waals surface area contributed by atoms with E-state index in [9.17, 15) is 8.78 Å². The molecule has 2 rings (SSSR count). The third-order valence-electron chi connectivity index (χ3n) is 2.27. The van der Waals surface area contributed by atoms with Crippen LogP contribution in [0.25, 0.3) is 0 Å². The molecule has 4 heteroatoms. The van der Waals surface area contributed by atoms with Crippen molar-refractivity contribution >= 4 is 11.8 Å². The van der Waals surface area contributed by atoms with Crippen molar-refractivity contribution in [2.75, 3.05) is 18.1 Å². The summed E-state index contributed by atoms with van der Waals surface area (Å²) in [6, 6.07) is 3.82. The number of thioether (sulfide) groups is 1. The van der Waals surface area contributed by atoms with E-state index in [1.165, 1.54) is 18.2 Å². The Hall–Kier alpha value is -0.610. The zero-order valence-electron chi connectivity index (χ0n) is 7.59. The molecule has 76 valence electrons. The predicted octanol–water partition coefficient (Wildman–Crippen LogP) is 2.34. The zero-order valence-corrected chi connectivity index (χ0v) is 8.41. The van der Waals surface area contributed by atoms with Crippen LogP contribution in [-0.4, -0.2) is 18.1 Å². The average molecular weight is 215 g/mol. The van der Waals surface area contributed by atoms with Crippen LogP contribution in [0.2, 0.25) is 0 Å². The van der Waals surface area contributed by atoms with Crippen LogP contribution in [0.15, 0.2) is 18.2 Å². The lowest BCUT2D eigenvalue weighted by Crippen LogP contribution is -2.31. The summed E-state index contributed by atoms with van der Waals surface area (Å²) in [4.78, 5) is 0. The molecule has 14 heavy (non-hydrogen) atoms. The SMILES string of the molecule is Fc1cccc(F)c1C1CSCCN1. The van der Waals surface area contributed by atoms with Gasteiger partial charge in [-0.15, -0.1) is 0 Å². The normalized spacial score (nSPS) is 22.3. The van der Waals surface area contributed by atoms with E-state index in [1.807, 2.05) is 0 Å². The number of hydrogen-bond donors (Lipinski definition) is 1. The first-order valence-electron chi connectivity index (χ1n) is 4.54. The van der Waals surface area contributed by atoms with Gasteiger partial charge in [0.25, 0.3) is 0 Å². The first-order valence-corrected chi connectivity index (χ1v) is 5.69. The van der Waals surface area contributed by atoms with Crippen LogP contribution in [0.3, 0.4) is 0 Å². The van der Waals surface area contributed by atoms with Crippen molar-refractivity contribution in [3.8, 4) is 0 Å². The van der Waals surface area contributed by atoms with Crippen LogP contribution in [0.1, 0.15) is 11.6 Å². The molecule has 0 radical (unpaired) electrons. The number of rotatable bonds is 1. The fourth-order valence-corrected chi connectivity index (χ4v) is 2.54. The Morgan fingerprint density at radius 2 is 2.00 bits per heavy atom. The fraction of sp³-hybridized carbons (Fsp3) is 0.400. The molecule has 1 aromatic carbocycles. The predicted molar refractivity (Wildman–Crippen MR) is 54.4 cm³/mol. The van der Waals surface area contributed by atoms with Crippen molar-refractivity contribution in [2.24, 2.45) is 0 Å². The summed E-state index contributed by atoms with van der Waals surface area (Å²) in [5.74, 6) is 0.833. The lowest BCUT2D eigenvalue weighted by molar-refractivity contribution is 0.495. The summed E-state index contributed by atoms with van der Waals surface area (Å²) in [6.07, 6.45) is 0. The van der Waals surface area contributed by atoms with Crippen molar-refractivity contribution in [3.05, 3.63) is 35.4 Å². The minimum atomic E-state index is -0.454. The van der Waals surface area contributed by atoms with Crippen LogP contribution in [0.5, 0.6) is 0 Å². The zero-order chi connectivity index (χ0) is 9.97. The molecule has 1 nitrogen and oxygen atoms in total. The van der Waals surface area contributed by atoms with Gasteiger partial charge in [0, 0.05) is 29.7 Å². The van der Waals surface area contributed by atoms with Crippen molar-refractivity contribution < 1.29 is 8.78 Å². The molecule has 1 saturated heterocycles. The molecular formula is C10H11F2NS. The second-order valence-electron chi connectivity index (χ2n) is 3.22. The lowest BCUT2D eigenvalue weighted by Gasteiger charge is -2.24. The summed E-state index contributed by atoms with van der Waals surface area (Å²) in [5.41, 5.74) is 0.180. The maximum atomic E-state index is 13.3. The quantitative estimate of drug-likeness (QED) is 0.771. The summed E-state index contributed by atoms with van der Waals surface area (Å²) >= 11 is 1.72. The molecule has 1 aliphatic rings. The summed E-state index contributed by atoms with van der Waals surface area (Å²) in [5, 5.41) is 3.12. The Balaban J connectivity index is 2.29. The maximum absolute atomic E-state index is 13.3. The smallest absolute Gasteiger partial charge is 0.130 e. The molecular weight excluding hydrogens is 204 g/mol. The van der Waals surface area contributed by atoms with E-state index >= 15 is 0 Å². The van der Waals surface area contributed by atoms with Gasteiger partial charge in [0.05, 0.1) is 0 Å². The molecule has 1 aromatic rings. The monoisotopic (exact) mass is 215 g/mol. The highest BCUT2D eigenvalue weighted by Crippen LogP contribution is 2.26. The largest absolute Gasteiger partial charge is 0.308 e. The van der Waals surface area contributed by atoms with E-state index < -0.39 is 11.6 Å². The van der Waals surface area contributed by atoms with E-state index in [4.69, 9.17) is 0 Å². The molecule has 0 spiro atoms. The topological polar surface area (TPSA) is 12.0 Å². The number of nitrogens with one attached hydrogen (secondary N) is 1. The van der Waals surface area contributed by atoms with E-state index in [-0.39, 0.29) is 11.6 Å². The van der Waals surface area contributed by atoms with Crippen molar-refractivity contribution in [1.82, 2.24) is 5.32 Å². The van der Waals surface area contributed by atoms with Gasteiger partial charge in [0.15, 0.2) is 0 Å². The Morgan fingerprint density at radius 1 is 1.29 bits per heavy atom. The van der Waals surface area contributed by atoms with Crippen LogP contribution < -0.4 is 5.32 Å². The average Bonchev–Trinajstić information content (AvgIpc) is 2.19. The van der Waals surface area contributed by atoms with Gasteiger partial charge in [-0.1, -0.05) is 6.07 Å². The molecule has 0 bridgehead atoms. The molecule has 0 aliphatic carbocycles. The van der Waals surface area contributed by atoms with Crippen molar-refractivity contribution in [2.45, 2.75) is 6.04 Å². The van der Waals surface area contributed by atoms with E-state index in [1.54, 1.807) is 11.8 Å². The molecule has 0 aromatic heterocycles. The molecule has 1 atom stereocenters. The Morgan fingerprint density at radius 3 is 2.57 bits per heavy atom. The molecule has 1 N–H and O–H groups in total. The van der Waals surface area contributed by atoms with Crippen LogP contribution >= 0.6 is 11.8 Å². The minimum absolute atomic E-state index is 0.180. The standard InChI is InChI=1S/C10H11F2NS/c11-7-2-1-3-8(12)10(7)9-6-14-5-4-13-9/h1-3,9,13H,4-6H2. The Kier molecular flexibility index (Phi) is 3.03. The van der Waals surface area contributed by atoms with Crippen LogP contribution in [0, 0.1) is 11.6 Å². The summed E-state index contributed by atoms with van der Waals surface area (Å²) in [7, 11) is 0. The first kappa shape index (κ1) is 9.93. The molecule has 1 unspecified atom stereocenters. The van der Waals surface area contributed by atoms with Gasteiger partial charge in [-0.25, -0.2) is 8.78 Å². The third kappa shape index (κ3) is 1.91. The van der Waals surface area contributed by atoms with Crippen LogP contribution in [-0.2, 0) is 0 Å². The number of halogens is 2. The second kappa shape index (κ2) is 4.28. The second-order valence-corrected chi connectivity index (χ2v) is 4.37. The maximum Gasteiger partial charge on any atom is 0.130 e. The first-order chi connectivity index (χ1) is 6.79. The third-order valence-corrected chi connectivity index (χ3v) is 3.33. The van der Waals surface area contributed by atoms with Gasteiger partial charge < -0.3 is 5.32 Å². The van der Waals surface area contributed by atoms with Gasteiger partial charge in [-0.05, 0) is 12.1 Å². The van der Waals surface area contributed by atoms with Gasteiger partial charge in [0.2, 0.25) is 0 Å². The highest BCUT2D eigenvalue weighted by molar-refractivity contribution is 7.99. The fourth-order valence-electron chi connectivity index (χ4n) is 1.59. The molecule has 1 aliphatic heterocycles. The Bertz CT molecular complexity index is 304. The highest BCUT2D eigenvalue weighted by atomic mass is 32.2. The van der Waals surface area contributed by atoms with Crippen molar-refractivity contribution in [1.29, 1.82) is 0 Å². The number of hydrogen-bond acceptors (Lipinski definition) is 2. The summed E-state index contributed by atoms with van der Waals surface area (Å²) in [6.45, 7) is 0.809. The summed E-state index contributed by atoms with van der Waals surface area (Å²) < 4.78 is 26.7. The van der Waals surface area contributed by atoms with E-state index in [2.05, 4.69) is 5.32 Å². The molecule has 0 saturated carbocycles. The van der Waals surface area contributed by atoms with E-state index in [0.29, 0.717) is 0 Å². The van der Waals surface area contributed by atoms with Gasteiger partial charge in [-0.2, -0.15) is 11.8 Å².